The number of hydrogen-bond acceptors (Lipinski definition) is 6. The Morgan fingerprint density at radius 2 is 1.88 bits per heavy atom. The smallest absolute Gasteiger partial charge is 0.245 e. The molecule has 1 amide bonds. The molecular weight excluding hydrogens is 350 g/mol. The van der Waals surface area contributed by atoms with Crippen molar-refractivity contribution in [1.29, 1.82) is 0 Å². The van der Waals surface area contributed by atoms with E-state index < -0.39 is 15.6 Å². The standard InChI is InChI=1S/C14H17N5O3S2/c15-14(4-5-14)13(20)18-6-8-19(9-7-18)24(21,22)11-3-1-2-10-12(11)17-23-16-10/h1-3H,4-9,15H2. The van der Waals surface area contributed by atoms with Crippen LogP contribution in [0.4, 0.5) is 11.4 Å². The summed E-state index contributed by atoms with van der Waals surface area (Å²) in [5, 5.41) is 0. The zero-order valence-electron chi connectivity index (χ0n) is 12.9. The third-order valence-electron chi connectivity index (χ3n) is 4.61. The highest BCUT2D eigenvalue weighted by Crippen LogP contribution is 2.39. The Morgan fingerprint density at radius 3 is 2.54 bits per heavy atom. The third kappa shape index (κ3) is 2.50. The van der Waals surface area contributed by atoms with Gasteiger partial charge in [-0.2, -0.15) is 13.0 Å². The molecule has 10 heteroatoms. The van der Waals surface area contributed by atoms with E-state index in [1.165, 1.54) is 4.31 Å². The fourth-order valence-corrected chi connectivity index (χ4v) is 5.10. The van der Waals surface area contributed by atoms with E-state index in [-0.39, 0.29) is 23.9 Å². The first-order valence-electron chi connectivity index (χ1n) is 7.71. The molecule has 128 valence electrons. The summed E-state index contributed by atoms with van der Waals surface area (Å²) in [6.45, 7) is 1.25. The molecule has 2 heterocycles. The average molecular weight is 367 g/mol. The average Bonchev–Trinajstić information content (AvgIpc) is 3.16. The number of fused-ring (bicyclic) bond motifs is 1. The molecule has 1 saturated heterocycles. The Bertz CT molecular complexity index is 880. The molecule has 0 atom stereocenters. The van der Waals surface area contributed by atoms with Gasteiger partial charge in [-0.15, -0.1) is 0 Å². The highest BCUT2D eigenvalue weighted by Gasteiger charge is 2.48. The number of sulfonamides is 1. The van der Waals surface area contributed by atoms with Crippen LogP contribution in [0, 0.1) is 0 Å². The largest absolute Gasteiger partial charge is 0.338 e. The lowest BCUT2D eigenvalue weighted by Crippen LogP contribution is -2.55. The highest BCUT2D eigenvalue weighted by molar-refractivity contribution is 7.89. The van der Waals surface area contributed by atoms with E-state index in [0.29, 0.717) is 37.3 Å². The van der Waals surface area contributed by atoms with E-state index in [1.807, 2.05) is 0 Å². The Labute approximate surface area is 143 Å². The van der Waals surface area contributed by atoms with Crippen LogP contribution in [0.15, 0.2) is 31.8 Å². The summed E-state index contributed by atoms with van der Waals surface area (Å²) >= 11 is 0.994. The molecule has 2 fully saturated rings. The van der Waals surface area contributed by atoms with Gasteiger partial charge in [-0.05, 0) is 25.0 Å². The monoisotopic (exact) mass is 367 g/mol. The van der Waals surface area contributed by atoms with Crippen molar-refractivity contribution in [1.82, 2.24) is 9.21 Å². The zero-order valence-corrected chi connectivity index (χ0v) is 14.5. The second-order valence-corrected chi connectivity index (χ2v) is 8.68. The summed E-state index contributed by atoms with van der Waals surface area (Å²) in [7, 11) is -3.66. The first-order chi connectivity index (χ1) is 11.4. The minimum absolute atomic E-state index is 0.0645. The van der Waals surface area contributed by atoms with Crippen molar-refractivity contribution in [2.75, 3.05) is 26.2 Å². The van der Waals surface area contributed by atoms with Crippen molar-refractivity contribution < 1.29 is 13.2 Å². The number of carbonyl (C=O) groups is 1. The van der Waals surface area contributed by atoms with Crippen molar-refractivity contribution >= 4 is 38.7 Å². The Balaban J connectivity index is 1.52. The maximum absolute atomic E-state index is 12.9. The Hall–Kier alpha value is -1.62. The number of benzene rings is 1. The van der Waals surface area contributed by atoms with Crippen LogP contribution in [0.25, 0.3) is 0 Å². The SMILES string of the molecule is NC1(C(=O)N2CCN(S(=O)(=O)c3cccc4c3N=S=N4)CC2)CC1. The molecule has 0 radical (unpaired) electrons. The van der Waals surface area contributed by atoms with E-state index in [2.05, 4.69) is 8.73 Å². The van der Waals surface area contributed by atoms with Gasteiger partial charge in [-0.3, -0.25) is 4.79 Å². The molecule has 1 aromatic carbocycles. The van der Waals surface area contributed by atoms with E-state index >= 15 is 0 Å². The predicted octanol–water partition coefficient (Wildman–Crippen LogP) is 0.737. The van der Waals surface area contributed by atoms with Gasteiger partial charge in [-0.1, -0.05) is 6.07 Å². The predicted molar refractivity (Wildman–Crippen MR) is 89.5 cm³/mol. The topological polar surface area (TPSA) is 108 Å². The molecule has 24 heavy (non-hydrogen) atoms. The van der Waals surface area contributed by atoms with Gasteiger partial charge in [0, 0.05) is 26.2 Å². The van der Waals surface area contributed by atoms with E-state index in [4.69, 9.17) is 5.73 Å². The van der Waals surface area contributed by atoms with Crippen LogP contribution in [0.3, 0.4) is 0 Å². The number of piperazine rings is 1. The molecular formula is C14H17N5O3S2. The minimum atomic E-state index is -3.66. The Morgan fingerprint density at radius 1 is 1.17 bits per heavy atom. The summed E-state index contributed by atoms with van der Waals surface area (Å²) in [5.41, 5.74) is 6.22. The maximum Gasteiger partial charge on any atom is 0.245 e. The number of rotatable bonds is 3. The molecule has 2 aliphatic heterocycles. The number of carbonyl (C=O) groups excluding carboxylic acids is 1. The molecule has 1 aliphatic carbocycles. The van der Waals surface area contributed by atoms with Crippen LogP contribution >= 0.6 is 0 Å². The van der Waals surface area contributed by atoms with Gasteiger partial charge >= 0.3 is 0 Å². The van der Waals surface area contributed by atoms with Crippen LogP contribution in [-0.2, 0) is 26.2 Å². The minimum Gasteiger partial charge on any atom is -0.338 e. The van der Waals surface area contributed by atoms with Crippen LogP contribution in [0.5, 0.6) is 0 Å². The van der Waals surface area contributed by atoms with Crippen LogP contribution < -0.4 is 5.73 Å². The number of hydrogen-bond donors (Lipinski definition) is 1. The molecule has 0 aromatic heterocycles. The number of amides is 1. The summed E-state index contributed by atoms with van der Waals surface area (Å²) in [6.07, 6.45) is 1.42. The molecule has 3 aliphatic rings. The van der Waals surface area contributed by atoms with Crippen molar-refractivity contribution in [3.8, 4) is 0 Å². The first-order valence-corrected chi connectivity index (χ1v) is 9.89. The summed E-state index contributed by atoms with van der Waals surface area (Å²) < 4.78 is 35.4. The van der Waals surface area contributed by atoms with Crippen molar-refractivity contribution in [2.24, 2.45) is 14.5 Å². The number of nitrogens with two attached hydrogens (primary N) is 1. The van der Waals surface area contributed by atoms with E-state index in [9.17, 15) is 13.2 Å². The quantitative estimate of drug-likeness (QED) is 0.863. The van der Waals surface area contributed by atoms with Gasteiger partial charge in [0.15, 0.2) is 0 Å². The van der Waals surface area contributed by atoms with Crippen molar-refractivity contribution in [2.45, 2.75) is 23.3 Å². The Kier molecular flexibility index (Phi) is 3.60. The highest BCUT2D eigenvalue weighted by atomic mass is 32.2. The van der Waals surface area contributed by atoms with Gasteiger partial charge in [0.1, 0.15) is 16.3 Å². The van der Waals surface area contributed by atoms with Gasteiger partial charge in [0.05, 0.1) is 16.9 Å². The van der Waals surface area contributed by atoms with Crippen LogP contribution in [0.2, 0.25) is 0 Å². The van der Waals surface area contributed by atoms with Gasteiger partial charge in [0.2, 0.25) is 15.9 Å². The summed E-state index contributed by atoms with van der Waals surface area (Å²) in [5.74, 6) is -0.0645. The normalized spacial score (nSPS) is 22.1. The summed E-state index contributed by atoms with van der Waals surface area (Å²) in [4.78, 5) is 14.1. The maximum atomic E-state index is 12.9. The van der Waals surface area contributed by atoms with Gasteiger partial charge in [0.25, 0.3) is 0 Å². The molecule has 8 nitrogen and oxygen atoms in total. The molecule has 4 rings (SSSR count). The second kappa shape index (κ2) is 5.45. The molecule has 0 bridgehead atoms. The molecule has 2 N–H and O–H groups in total. The van der Waals surface area contributed by atoms with Crippen LogP contribution in [-0.4, -0.2) is 55.2 Å². The molecule has 1 aromatic rings. The van der Waals surface area contributed by atoms with Crippen molar-refractivity contribution in [3.05, 3.63) is 18.2 Å². The fraction of sp³-hybridized carbons (Fsp3) is 0.500. The zero-order chi connectivity index (χ0) is 16.9. The lowest BCUT2D eigenvalue weighted by molar-refractivity contribution is -0.134. The molecule has 0 unspecified atom stereocenters. The third-order valence-corrected chi connectivity index (χ3v) is 7.08. The second-order valence-electron chi connectivity index (χ2n) is 6.24. The van der Waals surface area contributed by atoms with Gasteiger partial charge < -0.3 is 10.6 Å². The molecule has 1 saturated carbocycles. The van der Waals surface area contributed by atoms with E-state index in [1.54, 1.807) is 23.1 Å². The van der Waals surface area contributed by atoms with Gasteiger partial charge in [-0.25, -0.2) is 8.42 Å². The van der Waals surface area contributed by atoms with Crippen LogP contribution in [0.1, 0.15) is 12.8 Å². The lowest BCUT2D eigenvalue weighted by Gasteiger charge is -2.35. The fourth-order valence-electron chi connectivity index (χ4n) is 2.92. The number of nitrogens with zero attached hydrogens (tertiary/aromatic N) is 4. The van der Waals surface area contributed by atoms with E-state index in [0.717, 1.165) is 11.4 Å². The molecule has 0 spiro atoms. The van der Waals surface area contributed by atoms with Crippen molar-refractivity contribution in [3.63, 3.8) is 0 Å². The summed E-state index contributed by atoms with van der Waals surface area (Å²) in [6, 6.07) is 4.96. The lowest BCUT2D eigenvalue weighted by atomic mass is 10.2. The first kappa shape index (κ1) is 15.9.